The number of benzene rings is 6. The van der Waals surface area contributed by atoms with Crippen LogP contribution in [0.4, 0.5) is 0 Å². The lowest BCUT2D eigenvalue weighted by molar-refractivity contribution is 0.291. The largest absolute Gasteiger partial charge is 0.493 e. The smallest absolute Gasteiger partial charge is 0.161 e. The fraction of sp³-hybridized carbons (Fsp3) is 0.200. The predicted octanol–water partition coefficient (Wildman–Crippen LogP) is 11.0. The molecule has 300 valence electrons. The molecule has 0 fully saturated rings. The molecule has 8 nitrogen and oxygen atoms in total. The molecular weight excluding hydrogens is 757 g/mol. The third kappa shape index (κ3) is 9.48. The number of ether oxygens (including phenoxy) is 6. The summed E-state index contributed by atoms with van der Waals surface area (Å²) in [7, 11) is 6.68. The van der Waals surface area contributed by atoms with Gasteiger partial charge in [-0.2, -0.15) is 0 Å². The molecule has 0 spiro atoms. The normalized spacial score (nSPS) is 12.7. The van der Waals surface area contributed by atoms with Gasteiger partial charge in [-0.1, -0.05) is 72.4 Å². The van der Waals surface area contributed by atoms with Crippen LogP contribution in [0, 0.1) is 0 Å². The first kappa shape index (κ1) is 39.4. The third-order valence-electron chi connectivity index (χ3n) is 10.5. The Morgan fingerprint density at radius 1 is 0.458 bits per heavy atom. The lowest BCUT2D eigenvalue weighted by Gasteiger charge is -2.27. The van der Waals surface area contributed by atoms with Crippen molar-refractivity contribution >= 4 is 23.9 Å². The molecule has 0 saturated carbocycles. The highest BCUT2D eigenvalue weighted by Gasteiger charge is 2.20. The number of methoxy groups -OCH3 is 4. The van der Waals surface area contributed by atoms with Gasteiger partial charge in [-0.25, -0.2) is 0 Å². The molecule has 2 heterocycles. The number of hydrogen-bond donors (Lipinski definition) is 0. The second-order valence-electron chi connectivity index (χ2n) is 14.4. The molecule has 0 radical (unpaired) electrons. The predicted molar refractivity (Wildman–Crippen MR) is 234 cm³/mol. The molecule has 8 rings (SSSR count). The lowest BCUT2D eigenvalue weighted by Crippen LogP contribution is -2.20. The lowest BCUT2D eigenvalue weighted by atomic mass is 10.0. The summed E-state index contributed by atoms with van der Waals surface area (Å²) in [5.41, 5.74) is 9.06. The molecule has 0 N–H and O–H groups in total. The maximum Gasteiger partial charge on any atom is 0.161 e. The van der Waals surface area contributed by atoms with Crippen LogP contribution in [-0.4, -0.2) is 38.2 Å². The van der Waals surface area contributed by atoms with Crippen molar-refractivity contribution in [3.63, 3.8) is 0 Å². The van der Waals surface area contributed by atoms with Crippen LogP contribution in [0.3, 0.4) is 0 Å². The Bertz CT molecular complexity index is 2280. The molecule has 6 aromatic carbocycles. The zero-order valence-electron chi connectivity index (χ0n) is 33.9. The Morgan fingerprint density at radius 2 is 0.864 bits per heavy atom. The maximum absolute atomic E-state index is 6.50. The number of rotatable bonds is 16. The minimum Gasteiger partial charge on any atom is -0.493 e. The molecule has 0 unspecified atom stereocenters. The van der Waals surface area contributed by atoms with Gasteiger partial charge in [-0.3, -0.25) is 0 Å². The van der Waals surface area contributed by atoms with E-state index in [1.165, 1.54) is 11.1 Å². The molecule has 0 aliphatic carbocycles. The van der Waals surface area contributed by atoms with Crippen molar-refractivity contribution in [1.29, 1.82) is 0 Å². The van der Waals surface area contributed by atoms with E-state index in [2.05, 4.69) is 107 Å². The van der Waals surface area contributed by atoms with Crippen LogP contribution in [0.2, 0.25) is 0 Å². The number of fused-ring (bicyclic) bond motifs is 2. The first-order valence-electron chi connectivity index (χ1n) is 19.6. The molecule has 0 aromatic heterocycles. The summed E-state index contributed by atoms with van der Waals surface area (Å²) in [4.78, 5) is 6.86. The van der Waals surface area contributed by atoms with E-state index in [0.717, 1.165) is 90.8 Å². The van der Waals surface area contributed by atoms with Gasteiger partial charge in [-0.15, -0.1) is 0 Å². The van der Waals surface area contributed by atoms with Crippen molar-refractivity contribution < 1.29 is 28.4 Å². The molecule has 2 aliphatic rings. The van der Waals surface area contributed by atoms with E-state index < -0.39 is 0 Å². The highest BCUT2D eigenvalue weighted by Crippen LogP contribution is 2.39. The van der Waals surface area contributed by atoms with Crippen LogP contribution in [0.1, 0.15) is 44.5 Å². The van der Waals surface area contributed by atoms with E-state index in [-0.39, 0.29) is 0 Å². The molecule has 9 heteroatoms. The van der Waals surface area contributed by atoms with Gasteiger partial charge in [0.1, 0.15) is 24.7 Å². The zero-order chi connectivity index (χ0) is 40.6. The van der Waals surface area contributed by atoms with Crippen LogP contribution in [0.15, 0.2) is 144 Å². The van der Waals surface area contributed by atoms with Crippen LogP contribution >= 0.6 is 11.8 Å². The van der Waals surface area contributed by atoms with Gasteiger partial charge in [0.25, 0.3) is 0 Å². The Kier molecular flexibility index (Phi) is 12.3. The monoisotopic (exact) mass is 804 g/mol. The highest BCUT2D eigenvalue weighted by molar-refractivity contribution is 7.99. The highest BCUT2D eigenvalue weighted by atomic mass is 32.2. The van der Waals surface area contributed by atoms with E-state index >= 15 is 0 Å². The van der Waals surface area contributed by atoms with Gasteiger partial charge in [0.05, 0.1) is 28.4 Å². The molecular formula is C50H48N2O6S. The van der Waals surface area contributed by atoms with Gasteiger partial charge in [0.2, 0.25) is 0 Å². The summed E-state index contributed by atoms with van der Waals surface area (Å²) in [5.74, 6) is 4.63. The SMILES string of the molecule is COc1cc2c(cc1OC)CN(Cc1cc(Sc3ccc(OCc4ccccc4)c(CN4C=Cc5cc(OC)c(OC)cc5C4)c3)ccc1OCc1ccccc1)C=C2. The quantitative estimate of drug-likeness (QED) is 0.0951. The van der Waals surface area contributed by atoms with Crippen molar-refractivity contribution in [2.75, 3.05) is 28.4 Å². The third-order valence-corrected chi connectivity index (χ3v) is 11.5. The van der Waals surface area contributed by atoms with Gasteiger partial charge >= 0.3 is 0 Å². The second-order valence-corrected chi connectivity index (χ2v) is 15.6. The van der Waals surface area contributed by atoms with E-state index in [1.54, 1.807) is 40.2 Å². The van der Waals surface area contributed by atoms with Crippen LogP contribution in [0.25, 0.3) is 12.2 Å². The average molecular weight is 805 g/mol. The Balaban J connectivity index is 1.06. The van der Waals surface area contributed by atoms with Crippen molar-refractivity contribution in [3.8, 4) is 34.5 Å². The Labute approximate surface area is 351 Å². The van der Waals surface area contributed by atoms with E-state index in [0.29, 0.717) is 26.3 Å². The summed E-state index contributed by atoms with van der Waals surface area (Å²) in [6.07, 6.45) is 8.57. The second kappa shape index (κ2) is 18.4. The van der Waals surface area contributed by atoms with Crippen molar-refractivity contribution in [2.24, 2.45) is 0 Å². The molecule has 0 atom stereocenters. The maximum atomic E-state index is 6.50. The first-order valence-corrected chi connectivity index (χ1v) is 20.4. The van der Waals surface area contributed by atoms with Crippen LogP contribution in [0.5, 0.6) is 34.5 Å². The van der Waals surface area contributed by atoms with E-state index in [4.69, 9.17) is 28.4 Å². The number of nitrogens with zero attached hydrogens (tertiary/aromatic N) is 2. The molecule has 6 aromatic rings. The first-order chi connectivity index (χ1) is 29.0. The molecule has 59 heavy (non-hydrogen) atoms. The summed E-state index contributed by atoms with van der Waals surface area (Å²) in [6, 6.07) is 41.8. The summed E-state index contributed by atoms with van der Waals surface area (Å²) in [5, 5.41) is 0. The van der Waals surface area contributed by atoms with Gasteiger partial charge in [0.15, 0.2) is 23.0 Å². The van der Waals surface area contributed by atoms with Gasteiger partial charge in [-0.05, 0) is 106 Å². The van der Waals surface area contributed by atoms with Crippen molar-refractivity contribution in [2.45, 2.75) is 49.2 Å². The van der Waals surface area contributed by atoms with Gasteiger partial charge < -0.3 is 38.2 Å². The molecule has 0 saturated heterocycles. The number of hydrogen-bond acceptors (Lipinski definition) is 9. The average Bonchev–Trinajstić information content (AvgIpc) is 3.28. The van der Waals surface area contributed by atoms with E-state index in [9.17, 15) is 0 Å². The minimum atomic E-state index is 0.486. The fourth-order valence-corrected chi connectivity index (χ4v) is 8.35. The summed E-state index contributed by atoms with van der Waals surface area (Å²) < 4.78 is 35.4. The van der Waals surface area contributed by atoms with Crippen LogP contribution < -0.4 is 28.4 Å². The summed E-state index contributed by atoms with van der Waals surface area (Å²) >= 11 is 1.74. The fourth-order valence-electron chi connectivity index (χ4n) is 7.40. The Morgan fingerprint density at radius 3 is 1.27 bits per heavy atom. The van der Waals surface area contributed by atoms with Crippen LogP contribution in [-0.2, 0) is 39.4 Å². The molecule has 0 amide bonds. The molecule has 2 aliphatic heterocycles. The van der Waals surface area contributed by atoms with E-state index in [1.807, 2.05) is 48.5 Å². The van der Waals surface area contributed by atoms with Crippen molar-refractivity contribution in [1.82, 2.24) is 9.80 Å². The minimum absolute atomic E-state index is 0.486. The Hall–Kier alpha value is -6.45. The van der Waals surface area contributed by atoms with Gasteiger partial charge in [0, 0.05) is 59.5 Å². The topological polar surface area (TPSA) is 61.9 Å². The zero-order valence-corrected chi connectivity index (χ0v) is 34.7. The molecule has 0 bridgehead atoms. The summed E-state index contributed by atoms with van der Waals surface area (Å²) in [6.45, 7) is 3.76. The standard InChI is InChI=1S/C50H48N2O6S/c1-53-47-25-37-19-21-51(29-39(37)27-49(47)55-3)31-41-23-43(15-17-45(41)57-33-35-11-7-5-8-12-35)59-44-16-18-46(58-34-36-13-9-6-10-14-36)42(24-44)32-52-22-20-38-26-48(54-2)50(56-4)28-40(38)30-52/h5-28H,29-34H2,1-4H3. The van der Waals surface area contributed by atoms with Crippen molar-refractivity contribution in [3.05, 3.63) is 178 Å².